The maximum atomic E-state index is 13.0. The summed E-state index contributed by atoms with van der Waals surface area (Å²) >= 11 is 0. The number of ketones is 1. The van der Waals surface area contributed by atoms with Crippen LogP contribution in [0.1, 0.15) is 47.3 Å². The Hall–Kier alpha value is -2.87. The van der Waals surface area contributed by atoms with Crippen molar-refractivity contribution in [2.45, 2.75) is 51.8 Å². The third kappa shape index (κ3) is 3.27. The first kappa shape index (κ1) is 19.4. The zero-order chi connectivity index (χ0) is 20.8. The number of furan rings is 1. The van der Waals surface area contributed by atoms with Crippen LogP contribution in [0.15, 0.2) is 28.9 Å². The van der Waals surface area contributed by atoms with Crippen molar-refractivity contribution in [2.24, 2.45) is 0 Å². The molecule has 0 saturated carbocycles. The number of rotatable bonds is 6. The number of nitrogens with one attached hydrogen (secondary N) is 1. The van der Waals surface area contributed by atoms with Crippen molar-refractivity contribution in [1.82, 2.24) is 14.8 Å². The molecule has 0 unspecified atom stereocenters. The summed E-state index contributed by atoms with van der Waals surface area (Å²) in [5, 5.41) is 2.64. The smallest absolute Gasteiger partial charge is 0.325 e. The number of carbonyl (C=O) groups excluding carboxylic acids is 3. The molecule has 2 aliphatic rings. The summed E-state index contributed by atoms with van der Waals surface area (Å²) in [4.78, 5) is 39.3. The fraction of sp³-hybridized carbons (Fsp3) is 0.476. The molecule has 2 atom stereocenters. The Labute approximate surface area is 168 Å². The summed E-state index contributed by atoms with van der Waals surface area (Å²) in [6, 6.07) is 4.49. The Morgan fingerprint density at radius 1 is 1.34 bits per heavy atom. The number of hydrogen-bond donors (Lipinski definition) is 1. The highest BCUT2D eigenvalue weighted by atomic mass is 16.5. The molecular weight excluding hydrogens is 374 g/mol. The highest BCUT2D eigenvalue weighted by Gasteiger charge is 2.51. The molecule has 0 aliphatic carbocycles. The van der Waals surface area contributed by atoms with Gasteiger partial charge < -0.3 is 19.0 Å². The monoisotopic (exact) mass is 399 g/mol. The molecule has 154 valence electrons. The van der Waals surface area contributed by atoms with Crippen LogP contribution in [-0.2, 0) is 21.6 Å². The largest absolute Gasteiger partial charge is 0.466 e. The molecule has 0 bridgehead atoms. The van der Waals surface area contributed by atoms with E-state index >= 15 is 0 Å². The van der Waals surface area contributed by atoms with E-state index in [0.29, 0.717) is 17.9 Å². The number of nitrogens with zero attached hydrogens (tertiary/aromatic N) is 2. The average Bonchev–Trinajstić information content (AvgIpc) is 3.46. The highest BCUT2D eigenvalue weighted by Crippen LogP contribution is 2.29. The quantitative estimate of drug-likeness (QED) is 0.595. The van der Waals surface area contributed by atoms with Crippen LogP contribution in [0.3, 0.4) is 0 Å². The van der Waals surface area contributed by atoms with E-state index < -0.39 is 17.5 Å². The fourth-order valence-corrected chi connectivity index (χ4v) is 4.16. The lowest BCUT2D eigenvalue weighted by molar-refractivity contribution is -0.131. The van der Waals surface area contributed by atoms with Crippen molar-refractivity contribution in [3.63, 3.8) is 0 Å². The van der Waals surface area contributed by atoms with E-state index in [2.05, 4.69) is 9.88 Å². The van der Waals surface area contributed by atoms with Crippen molar-refractivity contribution in [1.29, 1.82) is 0 Å². The molecule has 0 spiro atoms. The van der Waals surface area contributed by atoms with Gasteiger partial charge in [0.1, 0.15) is 5.76 Å². The van der Waals surface area contributed by atoms with E-state index in [9.17, 15) is 14.4 Å². The Kier molecular flexibility index (Phi) is 4.82. The number of aryl methyl sites for hydroxylation is 1. The van der Waals surface area contributed by atoms with Gasteiger partial charge in [0.2, 0.25) is 0 Å². The number of hydrogen-bond acceptors (Lipinski definition) is 5. The van der Waals surface area contributed by atoms with Crippen molar-refractivity contribution >= 4 is 17.7 Å². The molecule has 2 aromatic heterocycles. The first-order valence-corrected chi connectivity index (χ1v) is 9.81. The molecule has 2 fully saturated rings. The molecule has 2 aromatic rings. The average molecular weight is 399 g/mol. The van der Waals surface area contributed by atoms with E-state index in [1.165, 1.54) is 6.26 Å². The first-order chi connectivity index (χ1) is 13.8. The van der Waals surface area contributed by atoms with Crippen LogP contribution in [0.2, 0.25) is 0 Å². The second-order valence-electron chi connectivity index (χ2n) is 7.88. The van der Waals surface area contributed by atoms with Gasteiger partial charge in [-0.3, -0.25) is 14.5 Å². The van der Waals surface area contributed by atoms with Gasteiger partial charge in [-0.1, -0.05) is 0 Å². The molecule has 2 saturated heterocycles. The minimum absolute atomic E-state index is 0.155. The third-order valence-electron chi connectivity index (χ3n) is 5.87. The van der Waals surface area contributed by atoms with Crippen molar-refractivity contribution in [3.05, 3.63) is 47.2 Å². The van der Waals surface area contributed by atoms with Gasteiger partial charge in [0.05, 0.1) is 18.9 Å². The third-order valence-corrected chi connectivity index (χ3v) is 5.87. The fourth-order valence-electron chi connectivity index (χ4n) is 4.16. The Balaban J connectivity index is 1.52. The second kappa shape index (κ2) is 7.18. The molecular formula is C21H25N3O5. The summed E-state index contributed by atoms with van der Waals surface area (Å²) in [6.07, 6.45) is 3.66. The lowest BCUT2D eigenvalue weighted by Gasteiger charge is -2.18. The van der Waals surface area contributed by atoms with Crippen LogP contribution in [0.25, 0.3) is 0 Å². The van der Waals surface area contributed by atoms with Gasteiger partial charge in [-0.05, 0) is 51.8 Å². The van der Waals surface area contributed by atoms with Crippen molar-refractivity contribution in [3.8, 4) is 0 Å². The van der Waals surface area contributed by atoms with Crippen LogP contribution in [0.5, 0.6) is 0 Å². The number of aromatic nitrogens is 1. The lowest BCUT2D eigenvalue weighted by Crippen LogP contribution is -2.41. The number of carbonyl (C=O) groups is 3. The lowest BCUT2D eigenvalue weighted by atomic mass is 9.99. The molecule has 4 rings (SSSR count). The van der Waals surface area contributed by atoms with Gasteiger partial charge in [0.25, 0.3) is 5.91 Å². The van der Waals surface area contributed by atoms with Crippen LogP contribution in [0.4, 0.5) is 4.79 Å². The molecule has 29 heavy (non-hydrogen) atoms. The molecule has 0 radical (unpaired) electrons. The molecule has 2 aliphatic heterocycles. The standard InChI is InChI=1S/C21H25N3O5/c1-13-10-16(14(2)23(13)11-15-6-4-8-28-15)17(25)12-24-19(26)21(3,22-20(24)27)18-7-5-9-29-18/h5,7,9-10,15H,4,6,8,11-12H2,1-3H3,(H,22,27)/t15-,21-/m0/s1. The van der Waals surface area contributed by atoms with Crippen molar-refractivity contribution < 1.29 is 23.5 Å². The second-order valence-corrected chi connectivity index (χ2v) is 7.88. The number of amides is 3. The minimum atomic E-state index is -1.31. The van der Waals surface area contributed by atoms with Gasteiger partial charge in [0.15, 0.2) is 11.3 Å². The highest BCUT2D eigenvalue weighted by molar-refractivity contribution is 6.11. The van der Waals surface area contributed by atoms with Crippen LogP contribution in [-0.4, -0.2) is 46.4 Å². The van der Waals surface area contributed by atoms with E-state index in [1.807, 2.05) is 19.9 Å². The summed E-state index contributed by atoms with van der Waals surface area (Å²) in [7, 11) is 0. The minimum Gasteiger partial charge on any atom is -0.466 e. The maximum absolute atomic E-state index is 13.0. The molecule has 4 heterocycles. The molecule has 3 amide bonds. The maximum Gasteiger partial charge on any atom is 0.325 e. The van der Waals surface area contributed by atoms with E-state index in [1.54, 1.807) is 19.1 Å². The van der Waals surface area contributed by atoms with Crippen molar-refractivity contribution in [2.75, 3.05) is 13.2 Å². The predicted molar refractivity (Wildman–Crippen MR) is 104 cm³/mol. The molecule has 8 heteroatoms. The van der Waals surface area contributed by atoms with Crippen LogP contribution in [0, 0.1) is 13.8 Å². The Morgan fingerprint density at radius 2 is 2.14 bits per heavy atom. The Bertz CT molecular complexity index is 955. The zero-order valence-electron chi connectivity index (χ0n) is 16.9. The van der Waals surface area contributed by atoms with Gasteiger partial charge in [-0.15, -0.1) is 0 Å². The number of urea groups is 1. The van der Waals surface area contributed by atoms with E-state index in [-0.39, 0.29) is 18.4 Å². The van der Waals surface area contributed by atoms with E-state index in [4.69, 9.17) is 9.15 Å². The molecule has 0 aromatic carbocycles. The van der Waals surface area contributed by atoms with Crippen LogP contribution >= 0.6 is 0 Å². The first-order valence-electron chi connectivity index (χ1n) is 9.81. The van der Waals surface area contributed by atoms with E-state index in [0.717, 1.165) is 35.7 Å². The SMILES string of the molecule is Cc1cc(C(=O)CN2C(=O)N[C@@](C)(c3ccco3)C2=O)c(C)n1C[C@@H]1CCCO1. The van der Waals surface area contributed by atoms with Gasteiger partial charge in [0, 0.05) is 30.1 Å². The van der Waals surface area contributed by atoms with Gasteiger partial charge >= 0.3 is 6.03 Å². The van der Waals surface area contributed by atoms with Gasteiger partial charge in [-0.2, -0.15) is 0 Å². The summed E-state index contributed by atoms with van der Waals surface area (Å²) in [5.74, 6) is -0.441. The normalized spacial score (nSPS) is 24.4. The van der Waals surface area contributed by atoms with Crippen LogP contribution < -0.4 is 5.32 Å². The number of ether oxygens (including phenoxy) is 1. The summed E-state index contributed by atoms with van der Waals surface area (Å²) in [5.41, 5.74) is 0.993. The summed E-state index contributed by atoms with van der Waals surface area (Å²) in [6.45, 7) is 6.56. The van der Waals surface area contributed by atoms with Gasteiger partial charge in [-0.25, -0.2) is 4.79 Å². The predicted octanol–water partition coefficient (Wildman–Crippen LogP) is 2.53. The molecule has 1 N–H and O–H groups in total. The molecule has 8 nitrogen and oxygen atoms in total. The summed E-state index contributed by atoms with van der Waals surface area (Å²) < 4.78 is 13.1. The Morgan fingerprint density at radius 3 is 2.79 bits per heavy atom. The number of Topliss-reactive ketones (excluding diaryl/α,β-unsaturated/α-hetero) is 1. The topological polar surface area (TPSA) is 93.8 Å². The number of imide groups is 1. The zero-order valence-corrected chi connectivity index (χ0v) is 16.9.